The molecule has 0 bridgehead atoms. The summed E-state index contributed by atoms with van der Waals surface area (Å²) in [7, 11) is 1.87. The van der Waals surface area contributed by atoms with Gasteiger partial charge in [-0.15, -0.1) is 0 Å². The van der Waals surface area contributed by atoms with E-state index >= 15 is 0 Å². The van der Waals surface area contributed by atoms with E-state index in [2.05, 4.69) is 20.5 Å². The summed E-state index contributed by atoms with van der Waals surface area (Å²) < 4.78 is 3.39. The first-order valence-electron chi connectivity index (χ1n) is 7.97. The van der Waals surface area contributed by atoms with Crippen molar-refractivity contribution in [1.29, 1.82) is 0 Å². The molecule has 3 heterocycles. The normalized spacial score (nSPS) is 11.0. The van der Waals surface area contributed by atoms with E-state index in [4.69, 9.17) is 0 Å². The molecule has 0 fully saturated rings. The Labute approximate surface area is 148 Å². The summed E-state index contributed by atoms with van der Waals surface area (Å²) in [5, 5.41) is 21.1. The third kappa shape index (κ3) is 2.57. The first-order valence-corrected chi connectivity index (χ1v) is 7.97. The molecule has 130 valence electrons. The van der Waals surface area contributed by atoms with Crippen molar-refractivity contribution < 1.29 is 9.90 Å². The van der Waals surface area contributed by atoms with Crippen LogP contribution in [0.4, 0.5) is 5.69 Å². The lowest BCUT2D eigenvalue weighted by atomic mass is 10.2. The van der Waals surface area contributed by atoms with Crippen LogP contribution in [0.1, 0.15) is 16.2 Å². The minimum Gasteiger partial charge on any atom is -0.506 e. The van der Waals surface area contributed by atoms with Crippen molar-refractivity contribution in [2.45, 2.75) is 6.92 Å². The van der Waals surface area contributed by atoms with Crippen LogP contribution in [0.15, 0.2) is 48.8 Å². The van der Waals surface area contributed by atoms with Crippen LogP contribution < -0.4 is 5.32 Å². The first kappa shape index (κ1) is 15.8. The summed E-state index contributed by atoms with van der Waals surface area (Å²) in [6.07, 6.45) is 3.43. The number of hydrogen-bond acceptors (Lipinski definition) is 5. The van der Waals surface area contributed by atoms with Crippen molar-refractivity contribution in [3.8, 4) is 17.0 Å². The predicted molar refractivity (Wildman–Crippen MR) is 96.0 cm³/mol. The van der Waals surface area contributed by atoms with Gasteiger partial charge < -0.3 is 10.4 Å². The van der Waals surface area contributed by atoms with Crippen molar-refractivity contribution in [1.82, 2.24) is 24.4 Å². The van der Waals surface area contributed by atoms with Crippen molar-refractivity contribution in [2.24, 2.45) is 7.05 Å². The lowest BCUT2D eigenvalue weighted by Crippen LogP contribution is -2.12. The van der Waals surface area contributed by atoms with Crippen LogP contribution >= 0.6 is 0 Å². The van der Waals surface area contributed by atoms with Crippen LogP contribution in [-0.4, -0.2) is 35.4 Å². The molecule has 1 amide bonds. The monoisotopic (exact) mass is 348 g/mol. The molecule has 2 N–H and O–H groups in total. The summed E-state index contributed by atoms with van der Waals surface area (Å²) in [5.74, 6) is -0.430. The highest BCUT2D eigenvalue weighted by Crippen LogP contribution is 2.24. The number of aromatic hydroxyl groups is 1. The molecule has 4 aromatic rings. The lowest BCUT2D eigenvalue weighted by molar-refractivity contribution is 0.102. The molecule has 0 saturated heterocycles. The van der Waals surface area contributed by atoms with Gasteiger partial charge in [-0.1, -0.05) is 12.1 Å². The number of amides is 1. The number of fused-ring (bicyclic) bond motifs is 1. The predicted octanol–water partition coefficient (Wildman–Crippen LogP) is 2.40. The SMILES string of the molecule is Cc1c(-c2ccnc3cc(C(=O)Nc4ccccc4O)nn23)cnn1C. The van der Waals surface area contributed by atoms with Gasteiger partial charge in [0, 0.05) is 30.6 Å². The summed E-state index contributed by atoms with van der Waals surface area (Å²) in [6.45, 7) is 1.96. The Hall–Kier alpha value is -3.68. The van der Waals surface area contributed by atoms with Crippen molar-refractivity contribution in [3.63, 3.8) is 0 Å². The Morgan fingerprint density at radius 1 is 1.23 bits per heavy atom. The van der Waals surface area contributed by atoms with Crippen molar-refractivity contribution in [3.05, 3.63) is 60.2 Å². The van der Waals surface area contributed by atoms with Gasteiger partial charge in [-0.3, -0.25) is 9.48 Å². The van der Waals surface area contributed by atoms with Gasteiger partial charge >= 0.3 is 0 Å². The summed E-state index contributed by atoms with van der Waals surface area (Å²) in [5.41, 5.74) is 3.76. The molecule has 0 aliphatic heterocycles. The average molecular weight is 348 g/mol. The van der Waals surface area contributed by atoms with Crippen LogP contribution in [0.5, 0.6) is 5.75 Å². The molecule has 0 aliphatic rings. The number of phenolic OH excluding ortho intramolecular Hbond substituents is 1. The number of aromatic nitrogens is 5. The molecular weight excluding hydrogens is 332 g/mol. The Balaban J connectivity index is 1.74. The van der Waals surface area contributed by atoms with Crippen molar-refractivity contribution >= 4 is 17.2 Å². The third-order valence-corrected chi connectivity index (χ3v) is 4.25. The molecule has 26 heavy (non-hydrogen) atoms. The second-order valence-electron chi connectivity index (χ2n) is 5.87. The third-order valence-electron chi connectivity index (χ3n) is 4.25. The second-order valence-corrected chi connectivity index (χ2v) is 5.87. The number of aryl methyl sites for hydroxylation is 1. The van der Waals surface area contributed by atoms with E-state index in [1.807, 2.05) is 20.0 Å². The van der Waals surface area contributed by atoms with E-state index in [0.29, 0.717) is 11.3 Å². The van der Waals surface area contributed by atoms with Crippen LogP contribution in [0.3, 0.4) is 0 Å². The largest absolute Gasteiger partial charge is 0.506 e. The van der Waals surface area contributed by atoms with E-state index in [1.54, 1.807) is 45.9 Å². The standard InChI is InChI=1S/C18H16N6O2/c1-11-12(10-20-23(11)2)15-7-8-19-17-9-14(22-24(15)17)18(26)21-13-5-3-4-6-16(13)25/h3-10,25H,1-2H3,(H,21,26). The van der Waals surface area contributed by atoms with E-state index in [0.717, 1.165) is 17.0 Å². The highest BCUT2D eigenvalue weighted by molar-refractivity contribution is 6.04. The minimum absolute atomic E-state index is 0.00517. The smallest absolute Gasteiger partial charge is 0.276 e. The molecule has 8 nitrogen and oxygen atoms in total. The fraction of sp³-hybridized carbons (Fsp3) is 0.111. The summed E-state index contributed by atoms with van der Waals surface area (Å²) in [6, 6.07) is 9.96. The Morgan fingerprint density at radius 2 is 2.04 bits per heavy atom. The average Bonchev–Trinajstić information content (AvgIpc) is 3.21. The van der Waals surface area contributed by atoms with Crippen molar-refractivity contribution in [2.75, 3.05) is 5.32 Å². The maximum atomic E-state index is 12.5. The zero-order valence-corrected chi connectivity index (χ0v) is 14.2. The molecule has 0 unspecified atom stereocenters. The number of rotatable bonds is 3. The minimum atomic E-state index is -0.425. The molecule has 8 heteroatoms. The van der Waals surface area contributed by atoms with Gasteiger partial charge in [-0.05, 0) is 25.1 Å². The molecule has 4 rings (SSSR count). The molecule has 0 aliphatic carbocycles. The van der Waals surface area contributed by atoms with Gasteiger partial charge in [-0.25, -0.2) is 9.50 Å². The zero-order chi connectivity index (χ0) is 18.3. The maximum Gasteiger partial charge on any atom is 0.276 e. The number of phenols is 1. The van der Waals surface area contributed by atoms with E-state index in [9.17, 15) is 9.90 Å². The Kier molecular flexibility index (Phi) is 3.65. The number of nitrogens with one attached hydrogen (secondary N) is 1. The van der Waals surface area contributed by atoms with E-state index in [-0.39, 0.29) is 11.4 Å². The van der Waals surface area contributed by atoms with Gasteiger partial charge in [0.2, 0.25) is 0 Å². The van der Waals surface area contributed by atoms with Gasteiger partial charge in [0.1, 0.15) is 5.75 Å². The van der Waals surface area contributed by atoms with E-state index in [1.165, 1.54) is 6.07 Å². The number of anilines is 1. The highest BCUT2D eigenvalue weighted by atomic mass is 16.3. The van der Waals surface area contributed by atoms with Crippen LogP contribution in [-0.2, 0) is 7.05 Å². The fourth-order valence-electron chi connectivity index (χ4n) is 2.73. The highest BCUT2D eigenvalue weighted by Gasteiger charge is 2.17. The molecule has 0 radical (unpaired) electrons. The van der Waals surface area contributed by atoms with Crippen LogP contribution in [0.2, 0.25) is 0 Å². The van der Waals surface area contributed by atoms with Crippen LogP contribution in [0.25, 0.3) is 16.9 Å². The molecule has 1 aromatic carbocycles. The number of hydrogen-bond donors (Lipinski definition) is 2. The van der Waals surface area contributed by atoms with Crippen LogP contribution in [0, 0.1) is 6.92 Å². The number of para-hydroxylation sites is 2. The molecule has 0 saturated carbocycles. The van der Waals surface area contributed by atoms with Gasteiger partial charge in [0.05, 0.1) is 17.6 Å². The maximum absolute atomic E-state index is 12.5. The summed E-state index contributed by atoms with van der Waals surface area (Å²) >= 11 is 0. The van der Waals surface area contributed by atoms with Gasteiger partial charge in [0.15, 0.2) is 11.3 Å². The first-order chi connectivity index (χ1) is 12.5. The Morgan fingerprint density at radius 3 is 2.77 bits per heavy atom. The summed E-state index contributed by atoms with van der Waals surface area (Å²) in [4.78, 5) is 16.8. The topological polar surface area (TPSA) is 97.3 Å². The molecular formula is C18H16N6O2. The lowest BCUT2D eigenvalue weighted by Gasteiger charge is -2.05. The Bertz CT molecular complexity index is 1130. The molecule has 0 atom stereocenters. The second kappa shape index (κ2) is 5.99. The number of nitrogens with zero attached hydrogens (tertiary/aromatic N) is 5. The zero-order valence-electron chi connectivity index (χ0n) is 14.2. The van der Waals surface area contributed by atoms with Gasteiger partial charge in [0.25, 0.3) is 5.91 Å². The number of carbonyl (C=O) groups excluding carboxylic acids is 1. The quantitative estimate of drug-likeness (QED) is 0.554. The fourth-order valence-corrected chi connectivity index (χ4v) is 2.73. The number of benzene rings is 1. The molecule has 3 aromatic heterocycles. The molecule has 0 spiro atoms. The van der Waals surface area contributed by atoms with E-state index < -0.39 is 5.91 Å². The number of carbonyl (C=O) groups is 1. The van der Waals surface area contributed by atoms with Gasteiger partial charge in [-0.2, -0.15) is 10.2 Å².